The third-order valence-electron chi connectivity index (χ3n) is 2.92. The molecule has 0 saturated carbocycles. The molecule has 3 nitrogen and oxygen atoms in total. The van der Waals surface area contributed by atoms with Gasteiger partial charge in [0, 0.05) is 29.4 Å². The summed E-state index contributed by atoms with van der Waals surface area (Å²) in [6.45, 7) is 4.91. The van der Waals surface area contributed by atoms with Gasteiger partial charge in [-0.25, -0.2) is 0 Å². The number of aromatic nitrogens is 1. The lowest BCUT2D eigenvalue weighted by atomic mass is 10.1. The number of pyridine rings is 1. The molecule has 1 heterocycles. The average molecular weight is 229 g/mol. The maximum Gasteiger partial charge on any atom is 0.0725 e. The quantitative estimate of drug-likeness (QED) is 0.847. The predicted molar refractivity (Wildman–Crippen MR) is 73.2 cm³/mol. The number of anilines is 1. The van der Waals surface area contributed by atoms with Crippen LogP contribution in [0.15, 0.2) is 30.3 Å². The van der Waals surface area contributed by atoms with E-state index in [4.69, 9.17) is 5.73 Å². The van der Waals surface area contributed by atoms with Crippen molar-refractivity contribution < 1.29 is 0 Å². The highest BCUT2D eigenvalue weighted by atomic mass is 14.9. The smallest absolute Gasteiger partial charge is 0.0725 e. The van der Waals surface area contributed by atoms with E-state index in [9.17, 15) is 0 Å². The van der Waals surface area contributed by atoms with Crippen molar-refractivity contribution in [1.82, 2.24) is 4.98 Å². The standard InChI is InChI=1S/C14H19N3/c1-3-11(15)9-16-14-8-10(2)17-13-7-5-4-6-12(13)14/h4-8,11H,3,9,15H2,1-2H3,(H,16,17). The van der Waals surface area contributed by atoms with Crippen LogP contribution in [0, 0.1) is 6.92 Å². The van der Waals surface area contributed by atoms with E-state index in [0.29, 0.717) is 0 Å². The molecule has 0 saturated heterocycles. The highest BCUT2D eigenvalue weighted by Gasteiger charge is 2.04. The first kappa shape index (κ1) is 11.9. The number of hydrogen-bond donors (Lipinski definition) is 2. The monoisotopic (exact) mass is 229 g/mol. The molecule has 0 radical (unpaired) electrons. The van der Waals surface area contributed by atoms with Gasteiger partial charge in [0.15, 0.2) is 0 Å². The molecule has 0 aliphatic carbocycles. The number of hydrogen-bond acceptors (Lipinski definition) is 3. The number of benzene rings is 1. The largest absolute Gasteiger partial charge is 0.383 e. The summed E-state index contributed by atoms with van der Waals surface area (Å²) in [7, 11) is 0. The summed E-state index contributed by atoms with van der Waals surface area (Å²) in [5, 5.41) is 4.57. The van der Waals surface area contributed by atoms with E-state index in [2.05, 4.69) is 29.4 Å². The second kappa shape index (κ2) is 5.15. The van der Waals surface area contributed by atoms with Crippen molar-refractivity contribution in [3.63, 3.8) is 0 Å². The molecule has 90 valence electrons. The van der Waals surface area contributed by atoms with Crippen LogP contribution >= 0.6 is 0 Å². The summed E-state index contributed by atoms with van der Waals surface area (Å²) in [6.07, 6.45) is 0.981. The molecule has 0 fully saturated rings. The number of nitrogens with two attached hydrogens (primary N) is 1. The van der Waals surface area contributed by atoms with Gasteiger partial charge in [-0.15, -0.1) is 0 Å². The van der Waals surface area contributed by atoms with Crippen molar-refractivity contribution in [2.75, 3.05) is 11.9 Å². The van der Waals surface area contributed by atoms with E-state index in [1.54, 1.807) is 0 Å². The van der Waals surface area contributed by atoms with Gasteiger partial charge in [-0.2, -0.15) is 0 Å². The molecule has 2 rings (SSSR count). The van der Waals surface area contributed by atoms with Crippen LogP contribution in [0.2, 0.25) is 0 Å². The van der Waals surface area contributed by atoms with E-state index >= 15 is 0 Å². The molecule has 2 aromatic rings. The first-order valence-electron chi connectivity index (χ1n) is 6.06. The van der Waals surface area contributed by atoms with E-state index in [1.165, 1.54) is 0 Å². The SMILES string of the molecule is CCC(N)CNc1cc(C)nc2ccccc12. The second-order valence-corrected chi connectivity index (χ2v) is 4.38. The Bertz CT molecular complexity index is 508. The normalized spacial score (nSPS) is 12.6. The summed E-state index contributed by atoms with van der Waals surface area (Å²) in [5.41, 5.74) is 9.10. The summed E-state index contributed by atoms with van der Waals surface area (Å²) in [4.78, 5) is 4.51. The first-order chi connectivity index (χ1) is 8.20. The van der Waals surface area contributed by atoms with E-state index in [1.807, 2.05) is 25.1 Å². The van der Waals surface area contributed by atoms with Crippen LogP contribution in [0.4, 0.5) is 5.69 Å². The fraction of sp³-hybridized carbons (Fsp3) is 0.357. The van der Waals surface area contributed by atoms with Crippen LogP contribution in [0.25, 0.3) is 10.9 Å². The van der Waals surface area contributed by atoms with Crippen molar-refractivity contribution in [2.24, 2.45) is 5.73 Å². The van der Waals surface area contributed by atoms with Crippen LogP contribution in [-0.2, 0) is 0 Å². The van der Waals surface area contributed by atoms with E-state index in [-0.39, 0.29) is 6.04 Å². The molecular weight excluding hydrogens is 210 g/mol. The van der Waals surface area contributed by atoms with Crippen LogP contribution in [0.1, 0.15) is 19.0 Å². The fourth-order valence-corrected chi connectivity index (χ4v) is 1.84. The van der Waals surface area contributed by atoms with Gasteiger partial charge in [0.2, 0.25) is 0 Å². The third kappa shape index (κ3) is 2.74. The highest BCUT2D eigenvalue weighted by Crippen LogP contribution is 2.22. The molecule has 3 N–H and O–H groups in total. The average Bonchev–Trinajstić information content (AvgIpc) is 2.35. The van der Waals surface area contributed by atoms with E-state index < -0.39 is 0 Å². The Morgan fingerprint density at radius 3 is 2.88 bits per heavy atom. The Morgan fingerprint density at radius 2 is 2.12 bits per heavy atom. The Balaban J connectivity index is 2.32. The Kier molecular flexibility index (Phi) is 3.59. The number of nitrogens with zero attached hydrogens (tertiary/aromatic N) is 1. The molecule has 0 spiro atoms. The molecule has 1 aromatic heterocycles. The summed E-state index contributed by atoms with van der Waals surface area (Å²) in [6, 6.07) is 10.4. The van der Waals surface area contributed by atoms with Gasteiger partial charge < -0.3 is 11.1 Å². The van der Waals surface area contributed by atoms with Gasteiger partial charge in [0.05, 0.1) is 5.52 Å². The molecule has 1 unspecified atom stereocenters. The molecule has 17 heavy (non-hydrogen) atoms. The number of nitrogens with one attached hydrogen (secondary N) is 1. The van der Waals surface area contributed by atoms with Crippen LogP contribution in [0.5, 0.6) is 0 Å². The minimum absolute atomic E-state index is 0.197. The van der Waals surface area contributed by atoms with Crippen LogP contribution in [-0.4, -0.2) is 17.6 Å². The topological polar surface area (TPSA) is 50.9 Å². The number of aryl methyl sites for hydroxylation is 1. The Hall–Kier alpha value is -1.61. The lowest BCUT2D eigenvalue weighted by Gasteiger charge is -2.14. The zero-order valence-electron chi connectivity index (χ0n) is 10.4. The maximum absolute atomic E-state index is 5.92. The Morgan fingerprint density at radius 1 is 1.35 bits per heavy atom. The zero-order chi connectivity index (χ0) is 12.3. The lowest BCUT2D eigenvalue weighted by Crippen LogP contribution is -2.28. The van der Waals surface area contributed by atoms with Crippen molar-refractivity contribution in [3.05, 3.63) is 36.0 Å². The molecule has 0 aliphatic heterocycles. The zero-order valence-corrected chi connectivity index (χ0v) is 10.4. The summed E-state index contributed by atoms with van der Waals surface area (Å²) < 4.78 is 0. The summed E-state index contributed by atoms with van der Waals surface area (Å²) >= 11 is 0. The molecule has 0 aliphatic rings. The number of fused-ring (bicyclic) bond motifs is 1. The van der Waals surface area contributed by atoms with Crippen molar-refractivity contribution in [1.29, 1.82) is 0 Å². The maximum atomic E-state index is 5.92. The molecule has 0 amide bonds. The van der Waals surface area contributed by atoms with Gasteiger partial charge in [0.25, 0.3) is 0 Å². The lowest BCUT2D eigenvalue weighted by molar-refractivity contribution is 0.679. The molecule has 1 aromatic carbocycles. The summed E-state index contributed by atoms with van der Waals surface area (Å²) in [5.74, 6) is 0. The second-order valence-electron chi connectivity index (χ2n) is 4.38. The molecular formula is C14H19N3. The molecule has 1 atom stereocenters. The van der Waals surface area contributed by atoms with Crippen LogP contribution < -0.4 is 11.1 Å². The highest BCUT2D eigenvalue weighted by molar-refractivity contribution is 5.91. The Labute approximate surface area is 102 Å². The minimum Gasteiger partial charge on any atom is -0.383 e. The predicted octanol–water partition coefficient (Wildman–Crippen LogP) is 2.69. The molecule has 3 heteroatoms. The van der Waals surface area contributed by atoms with Gasteiger partial charge in [0.1, 0.15) is 0 Å². The minimum atomic E-state index is 0.197. The van der Waals surface area contributed by atoms with Gasteiger partial charge in [-0.3, -0.25) is 4.98 Å². The van der Waals surface area contributed by atoms with Crippen molar-refractivity contribution >= 4 is 16.6 Å². The van der Waals surface area contributed by atoms with Crippen LogP contribution in [0.3, 0.4) is 0 Å². The van der Waals surface area contributed by atoms with Crippen molar-refractivity contribution in [3.8, 4) is 0 Å². The van der Waals surface area contributed by atoms with Gasteiger partial charge in [-0.05, 0) is 25.5 Å². The number of rotatable bonds is 4. The molecule has 0 bridgehead atoms. The van der Waals surface area contributed by atoms with E-state index in [0.717, 1.165) is 35.2 Å². The fourth-order valence-electron chi connectivity index (χ4n) is 1.84. The first-order valence-corrected chi connectivity index (χ1v) is 6.06. The van der Waals surface area contributed by atoms with Gasteiger partial charge in [-0.1, -0.05) is 25.1 Å². The number of para-hydroxylation sites is 1. The van der Waals surface area contributed by atoms with Crippen molar-refractivity contribution in [2.45, 2.75) is 26.3 Å². The third-order valence-corrected chi connectivity index (χ3v) is 2.92. The van der Waals surface area contributed by atoms with Gasteiger partial charge >= 0.3 is 0 Å².